The van der Waals surface area contributed by atoms with E-state index in [1.165, 1.54) is 5.56 Å². The Bertz CT molecular complexity index is 244. The van der Waals surface area contributed by atoms with Crippen molar-refractivity contribution in [1.29, 1.82) is 0 Å². The van der Waals surface area contributed by atoms with Crippen LogP contribution in [0.25, 0.3) is 0 Å². The molecule has 0 aliphatic carbocycles. The summed E-state index contributed by atoms with van der Waals surface area (Å²) in [6.45, 7) is 1.93. The maximum Gasteiger partial charge on any atom is 0.123 e. The van der Waals surface area contributed by atoms with Gasteiger partial charge >= 0.3 is 0 Å². The van der Waals surface area contributed by atoms with E-state index >= 15 is 0 Å². The minimum absolute atomic E-state index is 0.126. The third-order valence-corrected chi connectivity index (χ3v) is 3.30. The summed E-state index contributed by atoms with van der Waals surface area (Å²) in [7, 11) is 0. The fourth-order valence-corrected chi connectivity index (χ4v) is 2.33. The van der Waals surface area contributed by atoms with Crippen molar-refractivity contribution in [2.75, 3.05) is 0 Å². The fraction of sp³-hybridized carbons (Fsp3) is 0.375. The predicted molar refractivity (Wildman–Crippen MR) is 51.0 cm³/mol. The molecular weight excluding hydrogens is 224 g/mol. The van der Waals surface area contributed by atoms with E-state index in [0.717, 1.165) is 17.2 Å². The molecule has 1 nitrogen and oxygen atoms in total. The normalized spacial score (nSPS) is 12.9. The van der Waals surface area contributed by atoms with E-state index in [9.17, 15) is 4.79 Å². The third kappa shape index (κ3) is 2.42. The van der Waals surface area contributed by atoms with E-state index in [-0.39, 0.29) is 5.92 Å². The summed E-state index contributed by atoms with van der Waals surface area (Å²) in [6.07, 6.45) is 1.83. The minimum Gasteiger partial charge on any atom is -0.303 e. The average molecular weight is 233 g/mol. The van der Waals surface area contributed by atoms with E-state index in [4.69, 9.17) is 0 Å². The number of rotatable bonds is 3. The maximum atomic E-state index is 10.3. The quantitative estimate of drug-likeness (QED) is 0.733. The van der Waals surface area contributed by atoms with Crippen LogP contribution in [-0.4, -0.2) is 6.29 Å². The smallest absolute Gasteiger partial charge is 0.123 e. The number of aldehydes is 1. The molecule has 0 bridgehead atoms. The van der Waals surface area contributed by atoms with Crippen LogP contribution in [0.1, 0.15) is 12.5 Å². The molecular formula is C8H9BrOS. The Kier molecular flexibility index (Phi) is 3.27. The summed E-state index contributed by atoms with van der Waals surface area (Å²) in [4.78, 5) is 10.3. The Morgan fingerprint density at radius 1 is 1.73 bits per heavy atom. The van der Waals surface area contributed by atoms with Crippen molar-refractivity contribution in [2.24, 2.45) is 5.92 Å². The third-order valence-electron chi connectivity index (χ3n) is 1.46. The highest BCUT2D eigenvalue weighted by Gasteiger charge is 2.05. The molecule has 0 aromatic carbocycles. The van der Waals surface area contributed by atoms with Crippen molar-refractivity contribution < 1.29 is 4.79 Å². The number of hydrogen-bond donors (Lipinski definition) is 0. The minimum atomic E-state index is 0.126. The first-order valence-corrected chi connectivity index (χ1v) is 5.13. The van der Waals surface area contributed by atoms with Crippen molar-refractivity contribution in [3.8, 4) is 0 Å². The van der Waals surface area contributed by atoms with Crippen LogP contribution < -0.4 is 0 Å². The summed E-state index contributed by atoms with van der Waals surface area (Å²) in [5, 5.41) is 4.11. The zero-order valence-corrected chi connectivity index (χ0v) is 8.61. The first-order chi connectivity index (χ1) is 5.24. The molecule has 0 radical (unpaired) electrons. The van der Waals surface area contributed by atoms with Gasteiger partial charge in [-0.05, 0) is 33.3 Å². The Labute approximate surface area is 78.6 Å². The topological polar surface area (TPSA) is 17.1 Å². The molecule has 1 unspecified atom stereocenters. The summed E-state index contributed by atoms with van der Waals surface area (Å²) in [5.41, 5.74) is 1.23. The molecule has 0 saturated carbocycles. The molecule has 1 aromatic heterocycles. The van der Waals surface area contributed by atoms with E-state index in [0.29, 0.717) is 0 Å². The molecule has 0 fully saturated rings. The summed E-state index contributed by atoms with van der Waals surface area (Å²) >= 11 is 5.07. The van der Waals surface area contributed by atoms with Crippen LogP contribution in [0.15, 0.2) is 15.2 Å². The molecule has 0 N–H and O–H groups in total. The highest BCUT2D eigenvalue weighted by Crippen LogP contribution is 2.23. The number of carbonyl (C=O) groups is 1. The van der Waals surface area contributed by atoms with Gasteiger partial charge in [-0.15, -0.1) is 0 Å². The lowest BCUT2D eigenvalue weighted by Gasteiger charge is -2.00. The highest BCUT2D eigenvalue weighted by molar-refractivity contribution is 9.10. The summed E-state index contributed by atoms with van der Waals surface area (Å²) < 4.78 is 1.12. The predicted octanol–water partition coefficient (Wildman–Crippen LogP) is 2.89. The van der Waals surface area contributed by atoms with Gasteiger partial charge in [-0.3, -0.25) is 0 Å². The van der Waals surface area contributed by atoms with Crippen molar-refractivity contribution in [1.82, 2.24) is 0 Å². The maximum absolute atomic E-state index is 10.3. The number of halogens is 1. The van der Waals surface area contributed by atoms with Crippen LogP contribution in [0.4, 0.5) is 0 Å². The highest BCUT2D eigenvalue weighted by atomic mass is 79.9. The van der Waals surface area contributed by atoms with Gasteiger partial charge in [-0.2, -0.15) is 11.3 Å². The fourth-order valence-electron chi connectivity index (χ4n) is 0.848. The van der Waals surface area contributed by atoms with Crippen molar-refractivity contribution in [2.45, 2.75) is 13.3 Å². The van der Waals surface area contributed by atoms with Crippen molar-refractivity contribution in [3.63, 3.8) is 0 Å². The second-order valence-corrected chi connectivity index (χ2v) is 4.16. The Balaban J connectivity index is 2.63. The lowest BCUT2D eigenvalue weighted by atomic mass is 10.1. The van der Waals surface area contributed by atoms with Gasteiger partial charge in [-0.1, -0.05) is 6.92 Å². The van der Waals surface area contributed by atoms with Gasteiger partial charge in [0.2, 0.25) is 0 Å². The lowest BCUT2D eigenvalue weighted by Crippen LogP contribution is -1.99. The van der Waals surface area contributed by atoms with Crippen LogP contribution in [0.5, 0.6) is 0 Å². The Morgan fingerprint density at radius 2 is 2.45 bits per heavy atom. The Morgan fingerprint density at radius 3 is 2.91 bits per heavy atom. The molecule has 0 amide bonds. The first-order valence-electron chi connectivity index (χ1n) is 3.40. The zero-order chi connectivity index (χ0) is 8.27. The summed E-state index contributed by atoms with van der Waals surface area (Å²) in [5.74, 6) is 0.126. The van der Waals surface area contributed by atoms with Crippen LogP contribution in [-0.2, 0) is 11.2 Å². The van der Waals surface area contributed by atoms with E-state index in [2.05, 4.69) is 21.3 Å². The second-order valence-electron chi connectivity index (χ2n) is 2.56. The molecule has 1 aromatic rings. The SMILES string of the molecule is CC(C=O)Cc1cscc1Br. The monoisotopic (exact) mass is 232 g/mol. The standard InChI is InChI=1S/C8H9BrOS/c1-6(3-10)2-7-4-11-5-8(7)9/h3-6H,2H2,1H3. The molecule has 0 aliphatic heterocycles. The molecule has 1 heterocycles. The molecule has 3 heteroatoms. The van der Waals surface area contributed by atoms with Crippen molar-refractivity contribution in [3.05, 3.63) is 20.8 Å². The van der Waals surface area contributed by atoms with Crippen molar-refractivity contribution >= 4 is 33.6 Å². The van der Waals surface area contributed by atoms with Crippen LogP contribution >= 0.6 is 27.3 Å². The molecule has 0 spiro atoms. The van der Waals surface area contributed by atoms with Gasteiger partial charge in [-0.25, -0.2) is 0 Å². The molecule has 11 heavy (non-hydrogen) atoms. The zero-order valence-electron chi connectivity index (χ0n) is 6.21. The van der Waals surface area contributed by atoms with Gasteiger partial charge in [0.1, 0.15) is 6.29 Å². The number of thiophene rings is 1. The second kappa shape index (κ2) is 4.02. The van der Waals surface area contributed by atoms with Gasteiger partial charge in [0.05, 0.1) is 0 Å². The van der Waals surface area contributed by atoms with Gasteiger partial charge in [0, 0.05) is 15.8 Å². The van der Waals surface area contributed by atoms with Crippen LogP contribution in [0.3, 0.4) is 0 Å². The van der Waals surface area contributed by atoms with Gasteiger partial charge < -0.3 is 4.79 Å². The molecule has 0 aliphatic rings. The molecule has 1 rings (SSSR count). The average Bonchev–Trinajstić information content (AvgIpc) is 2.37. The molecule has 60 valence electrons. The van der Waals surface area contributed by atoms with E-state index in [1.807, 2.05) is 12.3 Å². The van der Waals surface area contributed by atoms with Crippen LogP contribution in [0, 0.1) is 5.92 Å². The number of hydrogen-bond acceptors (Lipinski definition) is 2. The van der Waals surface area contributed by atoms with E-state index in [1.54, 1.807) is 11.3 Å². The first kappa shape index (κ1) is 8.94. The Hall–Kier alpha value is -0.150. The van der Waals surface area contributed by atoms with Gasteiger partial charge in [0.25, 0.3) is 0 Å². The molecule has 1 atom stereocenters. The van der Waals surface area contributed by atoms with Crippen LogP contribution in [0.2, 0.25) is 0 Å². The number of carbonyl (C=O) groups excluding carboxylic acids is 1. The van der Waals surface area contributed by atoms with E-state index < -0.39 is 0 Å². The largest absolute Gasteiger partial charge is 0.303 e. The molecule has 0 saturated heterocycles. The summed E-state index contributed by atoms with van der Waals surface area (Å²) in [6, 6.07) is 0. The lowest BCUT2D eigenvalue weighted by molar-refractivity contribution is -0.110. The van der Waals surface area contributed by atoms with Gasteiger partial charge in [0.15, 0.2) is 0 Å².